The van der Waals surface area contributed by atoms with Gasteiger partial charge in [0.2, 0.25) is 0 Å². The van der Waals surface area contributed by atoms with Crippen molar-refractivity contribution in [3.8, 4) is 0 Å². The number of thioether (sulfide) groups is 1. The predicted molar refractivity (Wildman–Crippen MR) is 77.4 cm³/mol. The van der Waals surface area contributed by atoms with E-state index < -0.39 is 5.51 Å². The van der Waals surface area contributed by atoms with Crippen molar-refractivity contribution in [1.82, 2.24) is 9.80 Å². The Morgan fingerprint density at radius 2 is 1.74 bits per heavy atom. The summed E-state index contributed by atoms with van der Waals surface area (Å²) in [7, 11) is 0. The molecule has 1 fully saturated rings. The van der Waals surface area contributed by atoms with E-state index in [0.29, 0.717) is 11.5 Å². The van der Waals surface area contributed by atoms with Gasteiger partial charge in [0.15, 0.2) is 0 Å². The summed E-state index contributed by atoms with van der Waals surface area (Å²) >= 11 is 5.09. The van der Waals surface area contributed by atoms with E-state index in [-0.39, 0.29) is 23.1 Å². The Balaban J connectivity index is 2.32. The van der Waals surface area contributed by atoms with Gasteiger partial charge in [-0.05, 0) is 25.6 Å². The zero-order valence-electron chi connectivity index (χ0n) is 11.2. The number of thiocarbonyl (C=S) groups is 1. The van der Waals surface area contributed by atoms with E-state index in [1.165, 1.54) is 0 Å². The molecule has 0 saturated carbocycles. The fourth-order valence-corrected chi connectivity index (χ4v) is 2.69. The molecule has 3 nitrogen and oxygen atoms in total. The third-order valence-corrected chi connectivity index (χ3v) is 4.65. The van der Waals surface area contributed by atoms with Crippen LogP contribution in [0.3, 0.4) is 0 Å². The Kier molecular flexibility index (Phi) is 5.91. The van der Waals surface area contributed by atoms with Crippen molar-refractivity contribution >= 4 is 29.0 Å². The van der Waals surface area contributed by atoms with Crippen LogP contribution in [0.4, 0.5) is 13.2 Å². The van der Waals surface area contributed by atoms with E-state index in [1.54, 1.807) is 0 Å². The molecule has 112 valence electrons. The van der Waals surface area contributed by atoms with Crippen molar-refractivity contribution < 1.29 is 13.2 Å². The van der Waals surface area contributed by atoms with Crippen LogP contribution in [0.2, 0.25) is 0 Å². The standard InChI is InChI=1S/C11H20F3N3S2/c1-10(2,9(15)18)17-5-3-16(4-6-17)7-8-19-11(12,13)14/h3-8H2,1-2H3,(H2,15,18). The van der Waals surface area contributed by atoms with Gasteiger partial charge in [0.1, 0.15) is 0 Å². The molecule has 2 N–H and O–H groups in total. The van der Waals surface area contributed by atoms with Gasteiger partial charge in [0.05, 0.1) is 10.5 Å². The number of nitrogens with two attached hydrogens (primary N) is 1. The largest absolute Gasteiger partial charge is 0.441 e. The van der Waals surface area contributed by atoms with Crippen molar-refractivity contribution in [3.05, 3.63) is 0 Å². The molecule has 19 heavy (non-hydrogen) atoms. The molecule has 1 aliphatic rings. The Hall–Kier alpha value is -0.0500. The lowest BCUT2D eigenvalue weighted by Gasteiger charge is -2.43. The minimum Gasteiger partial charge on any atom is -0.392 e. The third kappa shape index (κ3) is 5.45. The topological polar surface area (TPSA) is 32.5 Å². The first kappa shape index (κ1) is 17.0. The van der Waals surface area contributed by atoms with Crippen LogP contribution in [0, 0.1) is 0 Å². The highest BCUT2D eigenvalue weighted by atomic mass is 32.2. The number of nitrogens with zero attached hydrogens (tertiary/aromatic N) is 2. The molecule has 0 bridgehead atoms. The smallest absolute Gasteiger partial charge is 0.392 e. The number of piperazine rings is 1. The van der Waals surface area contributed by atoms with Gasteiger partial charge in [-0.1, -0.05) is 12.2 Å². The number of alkyl halides is 3. The average Bonchev–Trinajstić information content (AvgIpc) is 2.27. The minimum absolute atomic E-state index is 0.0424. The van der Waals surface area contributed by atoms with Crippen molar-refractivity contribution in [2.24, 2.45) is 5.73 Å². The zero-order chi connectivity index (χ0) is 14.7. The molecule has 0 aromatic heterocycles. The van der Waals surface area contributed by atoms with Gasteiger partial charge in [0.25, 0.3) is 0 Å². The molecule has 0 atom stereocenters. The van der Waals surface area contributed by atoms with Crippen LogP contribution in [0.25, 0.3) is 0 Å². The molecule has 0 unspecified atom stereocenters. The van der Waals surface area contributed by atoms with Gasteiger partial charge < -0.3 is 5.73 Å². The van der Waals surface area contributed by atoms with Gasteiger partial charge in [-0.25, -0.2) is 0 Å². The maximum absolute atomic E-state index is 12.0. The van der Waals surface area contributed by atoms with Gasteiger partial charge in [0, 0.05) is 38.5 Å². The second-order valence-corrected chi connectivity index (χ2v) is 6.65. The number of halogens is 3. The summed E-state index contributed by atoms with van der Waals surface area (Å²) in [5.74, 6) is 0.0855. The van der Waals surface area contributed by atoms with Crippen LogP contribution in [-0.4, -0.2) is 64.3 Å². The first-order valence-corrected chi connectivity index (χ1v) is 7.50. The fraction of sp³-hybridized carbons (Fsp3) is 0.909. The quantitative estimate of drug-likeness (QED) is 0.784. The normalized spacial score (nSPS) is 19.6. The molecule has 1 aliphatic heterocycles. The molecular weight excluding hydrogens is 295 g/mol. The lowest BCUT2D eigenvalue weighted by Crippen LogP contribution is -2.59. The highest BCUT2D eigenvalue weighted by Crippen LogP contribution is 2.30. The van der Waals surface area contributed by atoms with Gasteiger partial charge in [-0.15, -0.1) is 0 Å². The Labute approximate surface area is 121 Å². The summed E-state index contributed by atoms with van der Waals surface area (Å²) in [6.45, 7) is 7.48. The monoisotopic (exact) mass is 315 g/mol. The SMILES string of the molecule is CC(C)(C(N)=S)N1CCN(CCSC(F)(F)F)CC1. The Morgan fingerprint density at radius 1 is 1.21 bits per heavy atom. The summed E-state index contributed by atoms with van der Waals surface area (Å²) in [6.07, 6.45) is 0. The molecule has 0 radical (unpaired) electrons. The van der Waals surface area contributed by atoms with Crippen molar-refractivity contribution in [3.63, 3.8) is 0 Å². The van der Waals surface area contributed by atoms with Crippen molar-refractivity contribution in [2.75, 3.05) is 38.5 Å². The molecule has 0 aliphatic carbocycles. The van der Waals surface area contributed by atoms with E-state index in [2.05, 4.69) is 4.90 Å². The first-order chi connectivity index (χ1) is 8.63. The van der Waals surface area contributed by atoms with Crippen LogP contribution in [0.5, 0.6) is 0 Å². The molecule has 1 saturated heterocycles. The molecular formula is C11H20F3N3S2. The highest BCUT2D eigenvalue weighted by molar-refractivity contribution is 8.00. The molecule has 0 aromatic carbocycles. The summed E-state index contributed by atoms with van der Waals surface area (Å²) in [6, 6.07) is 0. The molecule has 8 heteroatoms. The predicted octanol–water partition coefficient (Wildman–Crippen LogP) is 1.92. The maximum atomic E-state index is 12.0. The summed E-state index contributed by atoms with van der Waals surface area (Å²) < 4.78 is 36.1. The number of hydrogen-bond acceptors (Lipinski definition) is 4. The van der Waals surface area contributed by atoms with Crippen LogP contribution in [0.15, 0.2) is 0 Å². The molecule has 1 rings (SSSR count). The van der Waals surface area contributed by atoms with Gasteiger partial charge in [-0.2, -0.15) is 13.2 Å². The fourth-order valence-electron chi connectivity index (χ4n) is 1.98. The van der Waals surface area contributed by atoms with Crippen molar-refractivity contribution in [2.45, 2.75) is 24.9 Å². The molecule has 1 heterocycles. The summed E-state index contributed by atoms with van der Waals surface area (Å²) in [5.41, 5.74) is 1.25. The molecule has 0 spiro atoms. The third-order valence-electron chi connectivity index (χ3n) is 3.44. The van der Waals surface area contributed by atoms with E-state index in [9.17, 15) is 13.2 Å². The maximum Gasteiger partial charge on any atom is 0.441 e. The van der Waals surface area contributed by atoms with Crippen LogP contribution < -0.4 is 5.73 Å². The Morgan fingerprint density at radius 3 is 2.16 bits per heavy atom. The van der Waals surface area contributed by atoms with Crippen LogP contribution >= 0.6 is 24.0 Å². The van der Waals surface area contributed by atoms with Gasteiger partial charge >= 0.3 is 5.51 Å². The zero-order valence-corrected chi connectivity index (χ0v) is 12.8. The molecule has 0 amide bonds. The second kappa shape index (κ2) is 6.60. The van der Waals surface area contributed by atoms with E-state index in [0.717, 1.165) is 26.2 Å². The van der Waals surface area contributed by atoms with Gasteiger partial charge in [-0.3, -0.25) is 9.80 Å². The van der Waals surface area contributed by atoms with E-state index in [1.807, 2.05) is 18.7 Å². The van der Waals surface area contributed by atoms with Crippen molar-refractivity contribution in [1.29, 1.82) is 0 Å². The minimum atomic E-state index is -4.13. The van der Waals surface area contributed by atoms with E-state index >= 15 is 0 Å². The average molecular weight is 315 g/mol. The number of rotatable bonds is 5. The summed E-state index contributed by atoms with van der Waals surface area (Å²) in [4.78, 5) is 4.68. The number of hydrogen-bond donors (Lipinski definition) is 1. The first-order valence-electron chi connectivity index (χ1n) is 6.11. The lowest BCUT2D eigenvalue weighted by molar-refractivity contribution is -0.0329. The Bertz CT molecular complexity index is 313. The van der Waals surface area contributed by atoms with Crippen LogP contribution in [0.1, 0.15) is 13.8 Å². The van der Waals surface area contributed by atoms with E-state index in [4.69, 9.17) is 18.0 Å². The second-order valence-electron chi connectivity index (χ2n) is 5.05. The summed E-state index contributed by atoms with van der Waals surface area (Å²) in [5, 5.41) is 0. The highest BCUT2D eigenvalue weighted by Gasteiger charge is 2.33. The van der Waals surface area contributed by atoms with Crippen LogP contribution in [-0.2, 0) is 0 Å². The lowest BCUT2D eigenvalue weighted by atomic mass is 10.0. The molecule has 0 aromatic rings.